The molecule has 0 unspecified atom stereocenters. The Morgan fingerprint density at radius 2 is 1.93 bits per heavy atom. The van der Waals surface area contributed by atoms with Crippen LogP contribution in [0.15, 0.2) is 30.6 Å². The predicted molar refractivity (Wildman–Crippen MR) is 149 cm³/mol. The second-order valence-electron chi connectivity index (χ2n) is 11.2. The highest BCUT2D eigenvalue weighted by Crippen LogP contribution is 2.41. The number of methoxy groups -OCH3 is 1. The van der Waals surface area contributed by atoms with Crippen molar-refractivity contribution >= 4 is 34.7 Å². The van der Waals surface area contributed by atoms with Crippen LogP contribution in [0.1, 0.15) is 39.4 Å². The fraction of sp³-hybridized carbons (Fsp3) is 0.444. The molecule has 0 saturated carbocycles. The van der Waals surface area contributed by atoms with E-state index in [-0.39, 0.29) is 19.0 Å². The molecule has 1 fully saturated rings. The van der Waals surface area contributed by atoms with Gasteiger partial charge in [-0.25, -0.2) is 18.7 Å². The topological polar surface area (TPSA) is 124 Å². The van der Waals surface area contributed by atoms with Gasteiger partial charge in [-0.05, 0) is 13.1 Å². The molecule has 2 N–H and O–H groups in total. The second kappa shape index (κ2) is 10.3. The normalized spacial score (nSPS) is 17.1. The third-order valence-corrected chi connectivity index (χ3v) is 6.78. The number of likely N-dealkylation sites (N-methyl/N-ethyl adjacent to an activating group) is 1. The minimum atomic E-state index is -2.92. The molecule has 5 rings (SSSR count). The third kappa shape index (κ3) is 5.51. The quantitative estimate of drug-likeness (QED) is 0.331. The van der Waals surface area contributed by atoms with E-state index in [0.717, 1.165) is 0 Å². The molecule has 4 aromatic rings. The standard InChI is InChI=1S/C27H33F2N9O3/c1-15(39)32-20-10-16(8-9-30-20)41-17-12-31-24-22(23(17)40-7)37(6)25(34-24)33-21-11-18(26(2,3)4)38(35-21)19-13-36(5)14-27(19,28)29/h8-12,19H,13-14H2,1-7H3,(H,30,32,39)(H,31,33,34,35)/t19-/m1/s1. The molecule has 1 amide bonds. The molecule has 12 nitrogen and oxygen atoms in total. The summed E-state index contributed by atoms with van der Waals surface area (Å²) < 4.78 is 44.7. The highest BCUT2D eigenvalue weighted by Gasteiger charge is 2.49. The van der Waals surface area contributed by atoms with E-state index in [4.69, 9.17) is 9.47 Å². The average Bonchev–Trinajstić information content (AvgIpc) is 3.51. The average molecular weight is 570 g/mol. The zero-order chi connectivity index (χ0) is 29.7. The number of carbonyl (C=O) groups excluding carboxylic acids is 1. The number of ether oxygens (including phenoxy) is 2. The summed E-state index contributed by atoms with van der Waals surface area (Å²) in [7, 11) is 4.96. The first-order valence-corrected chi connectivity index (χ1v) is 13.0. The lowest BCUT2D eigenvalue weighted by Gasteiger charge is -2.26. The Hall–Kier alpha value is -4.33. The highest BCUT2D eigenvalue weighted by atomic mass is 19.3. The van der Waals surface area contributed by atoms with Crippen molar-refractivity contribution in [3.05, 3.63) is 36.3 Å². The largest absolute Gasteiger partial charge is 0.491 e. The molecular formula is C27H33F2N9O3. The summed E-state index contributed by atoms with van der Waals surface area (Å²) in [5.41, 5.74) is 1.18. The lowest BCUT2D eigenvalue weighted by Crippen LogP contribution is -2.33. The van der Waals surface area contributed by atoms with Crippen LogP contribution in [-0.4, -0.2) is 73.3 Å². The number of imidazole rings is 1. The van der Waals surface area contributed by atoms with E-state index in [1.807, 2.05) is 20.8 Å². The lowest BCUT2D eigenvalue weighted by atomic mass is 9.91. The van der Waals surface area contributed by atoms with Crippen molar-refractivity contribution in [3.8, 4) is 17.2 Å². The molecule has 14 heteroatoms. The van der Waals surface area contributed by atoms with Crippen LogP contribution >= 0.6 is 0 Å². The van der Waals surface area contributed by atoms with Crippen molar-refractivity contribution in [2.24, 2.45) is 7.05 Å². The Kier molecular flexibility index (Phi) is 7.05. The van der Waals surface area contributed by atoms with Gasteiger partial charge in [0, 0.05) is 50.0 Å². The number of nitrogens with zero attached hydrogens (tertiary/aromatic N) is 7. The van der Waals surface area contributed by atoms with Gasteiger partial charge in [0.05, 0.1) is 19.9 Å². The Labute approximate surface area is 235 Å². The first-order chi connectivity index (χ1) is 19.3. The van der Waals surface area contributed by atoms with Gasteiger partial charge < -0.3 is 24.7 Å². The maximum absolute atomic E-state index is 14.9. The van der Waals surface area contributed by atoms with E-state index in [1.165, 1.54) is 31.1 Å². The number of nitrogens with one attached hydrogen (secondary N) is 2. The summed E-state index contributed by atoms with van der Waals surface area (Å²) in [5, 5.41) is 10.4. The molecule has 1 saturated heterocycles. The molecule has 0 bridgehead atoms. The summed E-state index contributed by atoms with van der Waals surface area (Å²) in [4.78, 5) is 26.1. The fourth-order valence-electron chi connectivity index (χ4n) is 4.94. The number of hydrogen-bond acceptors (Lipinski definition) is 9. The molecular weight excluding hydrogens is 536 g/mol. The van der Waals surface area contributed by atoms with Crippen LogP contribution in [0, 0.1) is 0 Å². The molecule has 4 aromatic heterocycles. The number of amides is 1. The fourth-order valence-corrected chi connectivity index (χ4v) is 4.94. The van der Waals surface area contributed by atoms with Gasteiger partial charge in [0.25, 0.3) is 5.92 Å². The summed E-state index contributed by atoms with van der Waals surface area (Å²) in [6, 6.07) is 3.91. The van der Waals surface area contributed by atoms with Gasteiger partial charge in [0.1, 0.15) is 23.1 Å². The summed E-state index contributed by atoms with van der Waals surface area (Å²) >= 11 is 0. The Morgan fingerprint density at radius 3 is 2.56 bits per heavy atom. The maximum Gasteiger partial charge on any atom is 0.283 e. The van der Waals surface area contributed by atoms with Crippen LogP contribution in [0.4, 0.5) is 26.4 Å². The molecule has 0 aromatic carbocycles. The van der Waals surface area contributed by atoms with E-state index in [0.29, 0.717) is 51.7 Å². The molecule has 0 aliphatic carbocycles. The first kappa shape index (κ1) is 28.2. The molecule has 41 heavy (non-hydrogen) atoms. The predicted octanol–water partition coefficient (Wildman–Crippen LogP) is 4.48. The number of fused-ring (bicyclic) bond motifs is 1. The van der Waals surface area contributed by atoms with Gasteiger partial charge in [-0.2, -0.15) is 10.1 Å². The summed E-state index contributed by atoms with van der Waals surface area (Å²) in [5.74, 6) is -0.941. The maximum atomic E-state index is 14.9. The minimum absolute atomic E-state index is 0.192. The Balaban J connectivity index is 1.49. The number of aromatic nitrogens is 6. The van der Waals surface area contributed by atoms with E-state index in [2.05, 4.69) is 30.7 Å². The Bertz CT molecular complexity index is 1610. The van der Waals surface area contributed by atoms with E-state index in [9.17, 15) is 13.6 Å². The first-order valence-electron chi connectivity index (χ1n) is 13.0. The number of likely N-dealkylation sites (tertiary alicyclic amines) is 1. The zero-order valence-corrected chi connectivity index (χ0v) is 24.0. The summed E-state index contributed by atoms with van der Waals surface area (Å²) in [6.07, 6.45) is 3.00. The molecule has 1 aliphatic rings. The number of halogens is 2. The van der Waals surface area contributed by atoms with Crippen molar-refractivity contribution in [3.63, 3.8) is 0 Å². The third-order valence-electron chi connectivity index (χ3n) is 6.78. The van der Waals surface area contributed by atoms with Gasteiger partial charge >= 0.3 is 0 Å². The second-order valence-corrected chi connectivity index (χ2v) is 11.2. The number of aryl methyl sites for hydroxylation is 1. The number of anilines is 3. The van der Waals surface area contributed by atoms with Crippen LogP contribution in [-0.2, 0) is 17.3 Å². The van der Waals surface area contributed by atoms with E-state index < -0.39 is 17.4 Å². The van der Waals surface area contributed by atoms with Gasteiger partial charge in [-0.15, -0.1) is 0 Å². The molecule has 0 spiro atoms. The number of hydrogen-bond donors (Lipinski definition) is 2. The van der Waals surface area contributed by atoms with Crippen LogP contribution in [0.5, 0.6) is 17.2 Å². The number of carbonyl (C=O) groups is 1. The molecule has 218 valence electrons. The van der Waals surface area contributed by atoms with Crippen LogP contribution in [0.3, 0.4) is 0 Å². The SMILES string of the molecule is COc1c(Oc2ccnc(NC(C)=O)c2)cnc2nc(Nc3cc(C(C)(C)C)n([C@@H]4CN(C)CC4(F)F)n3)n(C)c12. The van der Waals surface area contributed by atoms with E-state index >= 15 is 0 Å². The Morgan fingerprint density at radius 1 is 1.17 bits per heavy atom. The minimum Gasteiger partial charge on any atom is -0.491 e. The molecule has 1 atom stereocenters. The van der Waals surface area contributed by atoms with Crippen molar-refractivity contribution in [1.29, 1.82) is 0 Å². The van der Waals surface area contributed by atoms with Gasteiger partial charge in [0.15, 0.2) is 23.0 Å². The lowest BCUT2D eigenvalue weighted by molar-refractivity contribution is -0.114. The number of rotatable bonds is 7. The van der Waals surface area contributed by atoms with Crippen molar-refractivity contribution in [1.82, 2.24) is 34.2 Å². The van der Waals surface area contributed by atoms with E-state index in [1.54, 1.807) is 41.8 Å². The van der Waals surface area contributed by atoms with Crippen molar-refractivity contribution in [2.45, 2.75) is 45.1 Å². The van der Waals surface area contributed by atoms with Gasteiger partial charge in [-0.3, -0.25) is 14.4 Å². The van der Waals surface area contributed by atoms with Crippen LogP contribution in [0.25, 0.3) is 11.2 Å². The van der Waals surface area contributed by atoms with Crippen LogP contribution < -0.4 is 20.1 Å². The zero-order valence-electron chi connectivity index (χ0n) is 24.0. The van der Waals surface area contributed by atoms with Gasteiger partial charge in [-0.1, -0.05) is 20.8 Å². The number of alkyl halides is 2. The van der Waals surface area contributed by atoms with Crippen molar-refractivity contribution in [2.75, 3.05) is 37.9 Å². The number of pyridine rings is 2. The smallest absolute Gasteiger partial charge is 0.283 e. The molecule has 1 aliphatic heterocycles. The highest BCUT2D eigenvalue weighted by molar-refractivity contribution is 5.88. The molecule has 0 radical (unpaired) electrons. The van der Waals surface area contributed by atoms with Crippen molar-refractivity contribution < 1.29 is 23.0 Å². The summed E-state index contributed by atoms with van der Waals surface area (Å²) in [6.45, 7) is 7.16. The molecule has 5 heterocycles. The van der Waals surface area contributed by atoms with Crippen LogP contribution in [0.2, 0.25) is 0 Å². The monoisotopic (exact) mass is 569 g/mol. The van der Waals surface area contributed by atoms with Gasteiger partial charge in [0.2, 0.25) is 11.9 Å².